The van der Waals surface area contributed by atoms with E-state index in [4.69, 9.17) is 10.9 Å². The second-order valence-electron chi connectivity index (χ2n) is 2.42. The zero-order chi connectivity index (χ0) is 9.19. The van der Waals surface area contributed by atoms with Crippen LogP contribution in [0, 0.1) is 0 Å². The normalized spacial score (nSPS) is 18.1. The van der Waals surface area contributed by atoms with Gasteiger partial charge in [0, 0.05) is 5.70 Å². The van der Waals surface area contributed by atoms with Crippen LogP contribution >= 0.6 is 0 Å². The predicted octanol–water partition coefficient (Wildman–Crippen LogP) is -0.0387. The largest absolute Gasteiger partial charge is 0.399 e. The number of rotatable bonds is 1. The van der Waals surface area contributed by atoms with Crippen LogP contribution in [0.4, 0.5) is 0 Å². The molecule has 0 saturated heterocycles. The van der Waals surface area contributed by atoms with Crippen LogP contribution in [0.3, 0.4) is 0 Å². The van der Waals surface area contributed by atoms with Crippen LogP contribution in [0.5, 0.6) is 0 Å². The van der Waals surface area contributed by atoms with Crippen molar-refractivity contribution in [1.82, 2.24) is 0 Å². The highest BCUT2D eigenvalue weighted by Crippen LogP contribution is 2.10. The van der Waals surface area contributed by atoms with E-state index in [1.165, 1.54) is 18.2 Å². The Kier molecular flexibility index (Phi) is 2.35. The SMILES string of the molecule is NC1=CCC=C(S(N)(=O)=O)C=C1. The highest BCUT2D eigenvalue weighted by atomic mass is 32.2. The summed E-state index contributed by atoms with van der Waals surface area (Å²) in [5, 5.41) is 4.91. The fraction of sp³-hybridized carbons (Fsp3) is 0.143. The smallest absolute Gasteiger partial charge is 0.237 e. The van der Waals surface area contributed by atoms with Crippen molar-refractivity contribution in [2.75, 3.05) is 0 Å². The quantitative estimate of drug-likeness (QED) is 0.602. The average molecular weight is 186 g/mol. The Morgan fingerprint density at radius 2 is 1.92 bits per heavy atom. The van der Waals surface area contributed by atoms with E-state index in [1.54, 1.807) is 6.08 Å². The van der Waals surface area contributed by atoms with Gasteiger partial charge in [-0.1, -0.05) is 12.2 Å². The lowest BCUT2D eigenvalue weighted by atomic mass is 10.3. The van der Waals surface area contributed by atoms with Crippen LogP contribution in [0.2, 0.25) is 0 Å². The lowest BCUT2D eigenvalue weighted by Gasteiger charge is -1.94. The third-order valence-corrected chi connectivity index (χ3v) is 2.40. The molecule has 0 bridgehead atoms. The van der Waals surface area contributed by atoms with Gasteiger partial charge in [-0.2, -0.15) is 0 Å². The number of allylic oxidation sites excluding steroid dienone is 4. The standard InChI is InChI=1S/C7H10N2O2S/c8-6-2-1-3-7(5-4-6)12(9,10)11/h2-5H,1,8H2,(H2,9,10,11). The summed E-state index contributed by atoms with van der Waals surface area (Å²) in [6, 6.07) is 0. The summed E-state index contributed by atoms with van der Waals surface area (Å²) in [5.41, 5.74) is 5.99. The van der Waals surface area contributed by atoms with Gasteiger partial charge >= 0.3 is 0 Å². The Bertz CT molecular complexity index is 363. The molecule has 0 amide bonds. The van der Waals surface area contributed by atoms with E-state index in [0.29, 0.717) is 12.1 Å². The Labute approximate surface area is 71.3 Å². The zero-order valence-corrected chi connectivity index (χ0v) is 7.21. The van der Waals surface area contributed by atoms with Gasteiger partial charge in [-0.25, -0.2) is 13.6 Å². The third-order valence-electron chi connectivity index (χ3n) is 1.44. The Balaban J connectivity index is 3.00. The molecule has 0 atom stereocenters. The molecule has 0 aromatic carbocycles. The maximum atomic E-state index is 10.8. The third kappa shape index (κ3) is 2.21. The molecule has 4 N–H and O–H groups in total. The average Bonchev–Trinajstić information content (AvgIpc) is 2.11. The molecule has 0 aromatic heterocycles. The molecule has 4 nitrogen and oxygen atoms in total. The summed E-state index contributed by atoms with van der Waals surface area (Å²) < 4.78 is 21.7. The lowest BCUT2D eigenvalue weighted by Crippen LogP contribution is -2.13. The highest BCUT2D eigenvalue weighted by Gasteiger charge is 2.08. The van der Waals surface area contributed by atoms with Crippen molar-refractivity contribution in [2.45, 2.75) is 6.42 Å². The molecule has 0 heterocycles. The van der Waals surface area contributed by atoms with E-state index in [0.717, 1.165) is 0 Å². The second kappa shape index (κ2) is 3.12. The molecule has 1 aliphatic rings. The van der Waals surface area contributed by atoms with Gasteiger partial charge in [-0.15, -0.1) is 0 Å². The molecular formula is C7H10N2O2S. The first-order valence-corrected chi connectivity index (χ1v) is 4.91. The molecule has 0 aliphatic heterocycles. The number of hydrogen-bond donors (Lipinski definition) is 2. The van der Waals surface area contributed by atoms with Gasteiger partial charge in [-0.3, -0.25) is 0 Å². The first kappa shape index (κ1) is 9.02. The summed E-state index contributed by atoms with van der Waals surface area (Å²) >= 11 is 0. The van der Waals surface area contributed by atoms with E-state index in [-0.39, 0.29) is 4.91 Å². The molecule has 1 rings (SSSR count). The fourth-order valence-corrected chi connectivity index (χ4v) is 1.42. The van der Waals surface area contributed by atoms with Crippen LogP contribution < -0.4 is 10.9 Å². The number of nitrogens with two attached hydrogens (primary N) is 2. The minimum absolute atomic E-state index is 0.110. The summed E-state index contributed by atoms with van der Waals surface area (Å²) in [6.45, 7) is 0. The molecule has 0 unspecified atom stereocenters. The predicted molar refractivity (Wildman–Crippen MR) is 47.2 cm³/mol. The first-order valence-electron chi connectivity index (χ1n) is 3.37. The minimum Gasteiger partial charge on any atom is -0.399 e. The Hall–Kier alpha value is -1.07. The van der Waals surface area contributed by atoms with Crippen LogP contribution in [0.25, 0.3) is 0 Å². The monoisotopic (exact) mass is 186 g/mol. The van der Waals surface area contributed by atoms with Crippen molar-refractivity contribution in [1.29, 1.82) is 0 Å². The number of sulfonamides is 1. The van der Waals surface area contributed by atoms with Crippen molar-refractivity contribution in [3.8, 4) is 0 Å². The van der Waals surface area contributed by atoms with Crippen LogP contribution in [0.15, 0.2) is 34.9 Å². The topological polar surface area (TPSA) is 86.2 Å². The summed E-state index contributed by atoms with van der Waals surface area (Å²) in [6.07, 6.45) is 6.64. The van der Waals surface area contributed by atoms with Crippen molar-refractivity contribution in [3.05, 3.63) is 34.9 Å². The molecule has 0 fully saturated rings. The van der Waals surface area contributed by atoms with E-state index in [2.05, 4.69) is 0 Å². The van der Waals surface area contributed by atoms with Crippen molar-refractivity contribution in [2.24, 2.45) is 10.9 Å². The summed E-state index contributed by atoms with van der Waals surface area (Å²) in [5.74, 6) is 0. The number of hydrogen-bond acceptors (Lipinski definition) is 3. The van der Waals surface area contributed by atoms with Crippen molar-refractivity contribution >= 4 is 10.0 Å². The summed E-state index contributed by atoms with van der Waals surface area (Å²) in [7, 11) is -3.59. The maximum Gasteiger partial charge on any atom is 0.237 e. The van der Waals surface area contributed by atoms with E-state index < -0.39 is 10.0 Å². The Morgan fingerprint density at radius 3 is 2.50 bits per heavy atom. The van der Waals surface area contributed by atoms with Gasteiger partial charge in [0.2, 0.25) is 10.0 Å². The van der Waals surface area contributed by atoms with Gasteiger partial charge in [0.05, 0.1) is 4.91 Å². The van der Waals surface area contributed by atoms with Crippen LogP contribution in [-0.2, 0) is 10.0 Å². The van der Waals surface area contributed by atoms with Crippen molar-refractivity contribution in [3.63, 3.8) is 0 Å². The Morgan fingerprint density at radius 1 is 1.25 bits per heavy atom. The van der Waals surface area contributed by atoms with Crippen LogP contribution in [-0.4, -0.2) is 8.42 Å². The molecule has 0 radical (unpaired) electrons. The number of primary sulfonamides is 1. The van der Waals surface area contributed by atoms with E-state index in [9.17, 15) is 8.42 Å². The van der Waals surface area contributed by atoms with Gasteiger partial charge in [-0.05, 0) is 18.6 Å². The lowest BCUT2D eigenvalue weighted by molar-refractivity contribution is 0.604. The molecule has 0 aromatic rings. The molecule has 1 aliphatic carbocycles. The van der Waals surface area contributed by atoms with Gasteiger partial charge in [0.1, 0.15) is 0 Å². The second-order valence-corrected chi connectivity index (χ2v) is 3.99. The minimum atomic E-state index is -3.59. The van der Waals surface area contributed by atoms with Gasteiger partial charge in [0.25, 0.3) is 0 Å². The molecule has 5 heteroatoms. The fourth-order valence-electron chi connectivity index (χ4n) is 0.837. The highest BCUT2D eigenvalue weighted by molar-refractivity contribution is 7.93. The maximum absolute atomic E-state index is 10.8. The molecule has 66 valence electrons. The zero-order valence-electron chi connectivity index (χ0n) is 6.40. The van der Waals surface area contributed by atoms with E-state index >= 15 is 0 Å². The molecule has 0 spiro atoms. The van der Waals surface area contributed by atoms with E-state index in [1.807, 2.05) is 0 Å². The summed E-state index contributed by atoms with van der Waals surface area (Å²) in [4.78, 5) is 0.110. The van der Waals surface area contributed by atoms with Crippen molar-refractivity contribution < 1.29 is 8.42 Å². The first-order chi connectivity index (χ1) is 5.50. The molecule has 12 heavy (non-hydrogen) atoms. The van der Waals surface area contributed by atoms with Gasteiger partial charge in [0.15, 0.2) is 0 Å². The van der Waals surface area contributed by atoms with Gasteiger partial charge < -0.3 is 5.73 Å². The molecule has 0 saturated carbocycles. The van der Waals surface area contributed by atoms with Crippen LogP contribution in [0.1, 0.15) is 6.42 Å². The molecular weight excluding hydrogens is 176 g/mol.